The standard InChI is InChI=1S/C16H17ClN2O4/c1-4-23-15(21)13-9(2)18-16(22)19(10(3)20)14(13)11-7-5-6-8-12(11)17/h5-8,14H,4H2,1-3H3,(H,18,22)/t14-/m1/s1. The van der Waals surface area contributed by atoms with E-state index in [4.69, 9.17) is 16.3 Å². The molecule has 0 aliphatic carbocycles. The Morgan fingerprint density at radius 1 is 1.35 bits per heavy atom. The van der Waals surface area contributed by atoms with Gasteiger partial charge in [-0.15, -0.1) is 0 Å². The highest BCUT2D eigenvalue weighted by atomic mass is 35.5. The average molecular weight is 337 g/mol. The Morgan fingerprint density at radius 3 is 2.57 bits per heavy atom. The maximum absolute atomic E-state index is 12.4. The molecule has 1 N–H and O–H groups in total. The fourth-order valence-electron chi connectivity index (χ4n) is 2.53. The second-order valence-corrected chi connectivity index (χ2v) is 5.41. The number of rotatable bonds is 3. The topological polar surface area (TPSA) is 75.7 Å². The summed E-state index contributed by atoms with van der Waals surface area (Å²) in [6, 6.07) is 5.24. The van der Waals surface area contributed by atoms with Gasteiger partial charge in [0, 0.05) is 17.6 Å². The van der Waals surface area contributed by atoms with Crippen molar-refractivity contribution >= 4 is 29.5 Å². The number of imide groups is 1. The van der Waals surface area contributed by atoms with Crippen molar-refractivity contribution in [3.05, 3.63) is 46.1 Å². The highest BCUT2D eigenvalue weighted by molar-refractivity contribution is 6.31. The smallest absolute Gasteiger partial charge is 0.338 e. The predicted molar refractivity (Wildman–Crippen MR) is 84.6 cm³/mol. The fourth-order valence-corrected chi connectivity index (χ4v) is 2.77. The average Bonchev–Trinajstić information content (AvgIpc) is 2.46. The van der Waals surface area contributed by atoms with Crippen molar-refractivity contribution in [2.45, 2.75) is 26.8 Å². The van der Waals surface area contributed by atoms with Crippen molar-refractivity contribution in [2.75, 3.05) is 6.61 Å². The van der Waals surface area contributed by atoms with Gasteiger partial charge in [0.15, 0.2) is 0 Å². The van der Waals surface area contributed by atoms with Gasteiger partial charge in [0.2, 0.25) is 5.91 Å². The summed E-state index contributed by atoms with van der Waals surface area (Å²) >= 11 is 6.23. The third-order valence-corrected chi connectivity index (χ3v) is 3.83. The molecule has 3 amide bonds. The van der Waals surface area contributed by atoms with Gasteiger partial charge >= 0.3 is 12.0 Å². The molecule has 0 aromatic heterocycles. The van der Waals surface area contributed by atoms with Gasteiger partial charge in [-0.3, -0.25) is 9.69 Å². The first-order valence-corrected chi connectivity index (χ1v) is 7.49. The van der Waals surface area contributed by atoms with Crippen LogP contribution in [0.3, 0.4) is 0 Å². The van der Waals surface area contributed by atoms with E-state index >= 15 is 0 Å². The minimum atomic E-state index is -0.922. The molecule has 0 saturated heterocycles. The lowest BCUT2D eigenvalue weighted by Crippen LogP contribution is -2.50. The van der Waals surface area contributed by atoms with Crippen LogP contribution >= 0.6 is 11.6 Å². The number of amides is 3. The molecule has 23 heavy (non-hydrogen) atoms. The number of allylic oxidation sites excluding steroid dienone is 1. The summed E-state index contributed by atoms with van der Waals surface area (Å²) in [5, 5.41) is 2.88. The number of benzene rings is 1. The Balaban J connectivity index is 2.67. The molecule has 7 heteroatoms. The first-order chi connectivity index (χ1) is 10.9. The molecule has 122 valence electrons. The summed E-state index contributed by atoms with van der Waals surface area (Å²) in [5.41, 5.74) is 1.02. The van der Waals surface area contributed by atoms with Crippen molar-refractivity contribution < 1.29 is 19.1 Å². The van der Waals surface area contributed by atoms with Crippen molar-refractivity contribution in [1.29, 1.82) is 0 Å². The molecule has 6 nitrogen and oxygen atoms in total. The number of halogens is 1. The number of hydrogen-bond acceptors (Lipinski definition) is 4. The molecule has 0 saturated carbocycles. The molecule has 1 aromatic rings. The number of nitrogens with one attached hydrogen (secondary N) is 1. The van der Waals surface area contributed by atoms with Crippen LogP contribution in [0, 0.1) is 0 Å². The van der Waals surface area contributed by atoms with E-state index in [1.54, 1.807) is 38.1 Å². The van der Waals surface area contributed by atoms with Crippen molar-refractivity contribution in [1.82, 2.24) is 10.2 Å². The van der Waals surface area contributed by atoms with E-state index in [-0.39, 0.29) is 12.2 Å². The maximum atomic E-state index is 12.4. The largest absolute Gasteiger partial charge is 0.463 e. The minimum absolute atomic E-state index is 0.179. The van der Waals surface area contributed by atoms with E-state index in [0.29, 0.717) is 16.3 Å². The van der Waals surface area contributed by atoms with Gasteiger partial charge in [-0.25, -0.2) is 9.59 Å². The lowest BCUT2D eigenvalue weighted by atomic mass is 9.93. The van der Waals surface area contributed by atoms with Crippen LogP contribution in [0.1, 0.15) is 32.4 Å². The lowest BCUT2D eigenvalue weighted by molar-refractivity contribution is -0.139. The predicted octanol–water partition coefficient (Wildman–Crippen LogP) is 2.79. The SMILES string of the molecule is CCOC(=O)C1=C(C)NC(=O)N(C(C)=O)[C@@H]1c1ccccc1Cl. The van der Waals surface area contributed by atoms with Crippen LogP contribution in [-0.2, 0) is 14.3 Å². The van der Waals surface area contributed by atoms with Crippen LogP contribution in [0.5, 0.6) is 0 Å². The number of carbonyl (C=O) groups excluding carboxylic acids is 3. The Labute approximate surface area is 139 Å². The molecular formula is C16H17ClN2O4. The number of carbonyl (C=O) groups is 3. The van der Waals surface area contributed by atoms with Crippen LogP contribution < -0.4 is 5.32 Å². The van der Waals surface area contributed by atoms with Gasteiger partial charge in [0.05, 0.1) is 12.2 Å². The molecule has 1 heterocycles. The Morgan fingerprint density at radius 2 is 2.00 bits per heavy atom. The molecule has 0 fully saturated rings. The molecular weight excluding hydrogens is 320 g/mol. The second kappa shape index (κ2) is 6.83. The summed E-state index contributed by atoms with van der Waals surface area (Å²) in [6.45, 7) is 4.71. The molecule has 2 rings (SSSR count). The van der Waals surface area contributed by atoms with Crippen molar-refractivity contribution in [3.63, 3.8) is 0 Å². The zero-order chi connectivity index (χ0) is 17.1. The fraction of sp³-hybridized carbons (Fsp3) is 0.312. The monoisotopic (exact) mass is 336 g/mol. The van der Waals surface area contributed by atoms with E-state index in [2.05, 4.69) is 5.32 Å². The van der Waals surface area contributed by atoms with Gasteiger partial charge in [0.25, 0.3) is 0 Å². The number of ether oxygens (including phenoxy) is 1. The van der Waals surface area contributed by atoms with Gasteiger partial charge in [-0.1, -0.05) is 29.8 Å². The van der Waals surface area contributed by atoms with Crippen LogP contribution in [0.2, 0.25) is 5.02 Å². The number of urea groups is 1. The summed E-state index contributed by atoms with van der Waals surface area (Å²) in [6.07, 6.45) is 0. The summed E-state index contributed by atoms with van der Waals surface area (Å²) in [5.74, 6) is -1.09. The number of hydrogen-bond donors (Lipinski definition) is 1. The molecule has 0 spiro atoms. The first kappa shape index (κ1) is 17.0. The zero-order valence-corrected chi connectivity index (χ0v) is 13.8. The third-order valence-electron chi connectivity index (χ3n) is 3.48. The summed E-state index contributed by atoms with van der Waals surface area (Å²) < 4.78 is 5.08. The first-order valence-electron chi connectivity index (χ1n) is 7.11. The van der Waals surface area contributed by atoms with Crippen LogP contribution in [0.15, 0.2) is 35.5 Å². The quantitative estimate of drug-likeness (QED) is 0.861. The molecule has 1 aliphatic rings. The highest BCUT2D eigenvalue weighted by Crippen LogP contribution is 2.37. The summed E-state index contributed by atoms with van der Waals surface area (Å²) in [4.78, 5) is 37.6. The molecule has 1 aliphatic heterocycles. The van der Waals surface area contributed by atoms with Crippen molar-refractivity contribution in [3.8, 4) is 0 Å². The van der Waals surface area contributed by atoms with Gasteiger partial charge < -0.3 is 10.1 Å². The van der Waals surface area contributed by atoms with Gasteiger partial charge in [-0.05, 0) is 25.5 Å². The zero-order valence-electron chi connectivity index (χ0n) is 13.1. The molecule has 1 atom stereocenters. The molecule has 0 unspecified atom stereocenters. The van der Waals surface area contributed by atoms with Crippen molar-refractivity contribution in [2.24, 2.45) is 0 Å². The minimum Gasteiger partial charge on any atom is -0.463 e. The maximum Gasteiger partial charge on any atom is 0.338 e. The van der Waals surface area contributed by atoms with E-state index in [9.17, 15) is 14.4 Å². The van der Waals surface area contributed by atoms with E-state index < -0.39 is 23.9 Å². The van der Waals surface area contributed by atoms with Gasteiger partial charge in [-0.2, -0.15) is 0 Å². The van der Waals surface area contributed by atoms with Gasteiger partial charge in [0.1, 0.15) is 6.04 Å². The van der Waals surface area contributed by atoms with E-state index in [1.165, 1.54) is 6.92 Å². The Bertz CT molecular complexity index is 699. The molecule has 1 aromatic carbocycles. The van der Waals surface area contributed by atoms with Crippen LogP contribution in [0.25, 0.3) is 0 Å². The summed E-state index contributed by atoms with van der Waals surface area (Å²) in [7, 11) is 0. The van der Waals surface area contributed by atoms with E-state index in [0.717, 1.165) is 4.90 Å². The molecule has 0 radical (unpaired) electrons. The third kappa shape index (κ3) is 3.22. The lowest BCUT2D eigenvalue weighted by Gasteiger charge is -2.36. The number of nitrogens with zero attached hydrogens (tertiary/aromatic N) is 1. The van der Waals surface area contributed by atoms with Crippen LogP contribution in [-0.4, -0.2) is 29.4 Å². The molecule has 0 bridgehead atoms. The van der Waals surface area contributed by atoms with E-state index in [1.807, 2.05) is 0 Å². The highest BCUT2D eigenvalue weighted by Gasteiger charge is 2.41. The Kier molecular flexibility index (Phi) is 5.05. The van der Waals surface area contributed by atoms with Crippen LogP contribution in [0.4, 0.5) is 4.79 Å². The number of esters is 1. The second-order valence-electron chi connectivity index (χ2n) is 5.00. The normalized spacial score (nSPS) is 17.8. The Hall–Kier alpha value is -2.34.